The fraction of sp³-hybridized carbons (Fsp3) is 0.333. The van der Waals surface area contributed by atoms with Crippen LogP contribution in [0.25, 0.3) is 5.76 Å². The molecule has 35 heavy (non-hydrogen) atoms. The van der Waals surface area contributed by atoms with Crippen LogP contribution in [0.4, 0.5) is 13.2 Å². The monoisotopic (exact) mass is 506 g/mol. The molecular weight excluding hydrogens is 477 g/mol. The normalized spacial score (nSPS) is 13.1. The third-order valence-corrected chi connectivity index (χ3v) is 6.25. The number of rotatable bonds is 7. The molecule has 0 atom stereocenters. The van der Waals surface area contributed by atoms with Gasteiger partial charge < -0.3 is 19.7 Å². The topological polar surface area (TPSA) is 58.9 Å². The van der Waals surface area contributed by atoms with E-state index in [4.69, 9.17) is 9.47 Å². The molecular formula is C27H29F3O4S. The maximum atomic E-state index is 12.7. The Labute approximate surface area is 207 Å². The lowest BCUT2D eigenvalue weighted by Crippen LogP contribution is -2.14. The van der Waals surface area contributed by atoms with Gasteiger partial charge in [-0.1, -0.05) is 23.3 Å². The van der Waals surface area contributed by atoms with E-state index in [1.54, 1.807) is 0 Å². The first kappa shape index (κ1) is 26.6. The SMILES string of the molecule is COC1=C(c2ccc(SC(F)(F)F)cc2)Oc2c(CC=C(C)C)c(O)c(CC=C(C)C)c(O)c2C1. The van der Waals surface area contributed by atoms with Gasteiger partial charge in [-0.05, 0) is 76.6 Å². The average Bonchev–Trinajstić information content (AvgIpc) is 2.77. The number of alkyl halides is 3. The van der Waals surface area contributed by atoms with Gasteiger partial charge in [0.2, 0.25) is 0 Å². The summed E-state index contributed by atoms with van der Waals surface area (Å²) in [5, 5.41) is 22.2. The molecule has 0 aliphatic carbocycles. The van der Waals surface area contributed by atoms with Gasteiger partial charge >= 0.3 is 5.51 Å². The smallest absolute Gasteiger partial charge is 0.446 e. The van der Waals surface area contributed by atoms with Gasteiger partial charge in [-0.2, -0.15) is 13.2 Å². The first-order valence-electron chi connectivity index (χ1n) is 11.1. The summed E-state index contributed by atoms with van der Waals surface area (Å²) >= 11 is -0.190. The van der Waals surface area contributed by atoms with Gasteiger partial charge in [0.05, 0.1) is 7.11 Å². The van der Waals surface area contributed by atoms with Crippen LogP contribution in [-0.2, 0) is 24.0 Å². The van der Waals surface area contributed by atoms with Gasteiger partial charge in [-0.15, -0.1) is 0 Å². The van der Waals surface area contributed by atoms with Crippen LogP contribution in [0.15, 0.2) is 58.2 Å². The van der Waals surface area contributed by atoms with Crippen LogP contribution < -0.4 is 4.74 Å². The van der Waals surface area contributed by atoms with Gasteiger partial charge in [0.15, 0.2) is 5.76 Å². The molecule has 0 amide bonds. The van der Waals surface area contributed by atoms with Crippen LogP contribution in [0.1, 0.15) is 49.9 Å². The maximum absolute atomic E-state index is 12.7. The number of phenols is 2. The molecule has 2 aromatic carbocycles. The van der Waals surface area contributed by atoms with Gasteiger partial charge in [-0.25, -0.2) is 0 Å². The highest BCUT2D eigenvalue weighted by molar-refractivity contribution is 8.00. The molecule has 188 valence electrons. The molecule has 2 aromatic rings. The Hall–Kier alpha value is -3.00. The van der Waals surface area contributed by atoms with Gasteiger partial charge in [0, 0.05) is 33.6 Å². The zero-order chi connectivity index (χ0) is 25.9. The molecule has 3 rings (SSSR count). The van der Waals surface area contributed by atoms with E-state index in [0.717, 1.165) is 11.1 Å². The van der Waals surface area contributed by atoms with Gasteiger partial charge in [-0.3, -0.25) is 0 Å². The summed E-state index contributed by atoms with van der Waals surface area (Å²) in [6, 6.07) is 5.81. The number of fused-ring (bicyclic) bond motifs is 1. The van der Waals surface area contributed by atoms with Gasteiger partial charge in [0.1, 0.15) is 23.0 Å². The molecule has 1 heterocycles. The second kappa shape index (κ2) is 10.7. The van der Waals surface area contributed by atoms with Crippen LogP contribution >= 0.6 is 11.8 Å². The molecule has 0 unspecified atom stereocenters. The van der Waals surface area contributed by atoms with E-state index in [1.165, 1.54) is 31.4 Å². The number of aromatic hydroxyl groups is 2. The standard InChI is InChI=1S/C27H29F3O4S/c1-15(2)6-12-19-23(31)20(13-7-16(3)4)26-21(24(19)32)14-22(33-5)25(34-26)17-8-10-18(11-9-17)35-27(28,29)30/h6-11,31-32H,12-14H2,1-5H3. The second-order valence-corrected chi connectivity index (χ2v) is 9.88. The highest BCUT2D eigenvalue weighted by Gasteiger charge is 2.32. The average molecular weight is 507 g/mol. The number of thioether (sulfide) groups is 1. The largest absolute Gasteiger partial charge is 0.507 e. The van der Waals surface area contributed by atoms with Crippen LogP contribution in [0.5, 0.6) is 17.2 Å². The first-order valence-corrected chi connectivity index (χ1v) is 11.9. The van der Waals surface area contributed by atoms with Crippen LogP contribution in [-0.4, -0.2) is 22.8 Å². The highest BCUT2D eigenvalue weighted by Crippen LogP contribution is 2.49. The third-order valence-electron chi connectivity index (χ3n) is 5.51. The molecule has 0 radical (unpaired) electrons. The minimum absolute atomic E-state index is 0.0339. The number of phenolic OH excluding ortho intramolecular Hbond substituents is 2. The first-order chi connectivity index (χ1) is 16.4. The van der Waals surface area contributed by atoms with Crippen molar-refractivity contribution >= 4 is 17.5 Å². The van der Waals surface area contributed by atoms with Crippen molar-refractivity contribution < 1.29 is 32.9 Å². The van der Waals surface area contributed by atoms with Crippen LogP contribution in [0.3, 0.4) is 0 Å². The van der Waals surface area contributed by atoms with E-state index in [2.05, 4.69) is 0 Å². The third kappa shape index (κ3) is 6.36. The summed E-state index contributed by atoms with van der Waals surface area (Å²) in [6.07, 6.45) is 4.82. The Bertz CT molecular complexity index is 1180. The molecule has 1 aliphatic heterocycles. The zero-order valence-corrected chi connectivity index (χ0v) is 21.2. The number of methoxy groups -OCH3 is 1. The molecule has 0 saturated heterocycles. The second-order valence-electron chi connectivity index (χ2n) is 8.74. The molecule has 0 aromatic heterocycles. The van der Waals surface area contributed by atoms with E-state index in [1.807, 2.05) is 39.8 Å². The lowest BCUT2D eigenvalue weighted by Gasteiger charge is -2.27. The van der Waals surface area contributed by atoms with Crippen LogP contribution in [0.2, 0.25) is 0 Å². The number of allylic oxidation sites excluding steroid dienone is 5. The lowest BCUT2D eigenvalue weighted by molar-refractivity contribution is -0.0328. The number of benzene rings is 2. The molecule has 1 aliphatic rings. The highest BCUT2D eigenvalue weighted by atomic mass is 32.2. The predicted molar refractivity (Wildman–Crippen MR) is 133 cm³/mol. The quantitative estimate of drug-likeness (QED) is 0.298. The molecule has 2 N–H and O–H groups in total. The summed E-state index contributed by atoms with van der Waals surface area (Å²) in [5.41, 5.74) is -0.293. The minimum Gasteiger partial charge on any atom is -0.507 e. The van der Waals surface area contributed by atoms with E-state index in [9.17, 15) is 23.4 Å². The zero-order valence-electron chi connectivity index (χ0n) is 20.3. The van der Waals surface area contributed by atoms with Crippen molar-refractivity contribution in [1.82, 2.24) is 0 Å². The van der Waals surface area contributed by atoms with Crippen molar-refractivity contribution in [2.75, 3.05) is 7.11 Å². The van der Waals surface area contributed by atoms with Gasteiger partial charge in [0.25, 0.3) is 0 Å². The Morgan fingerprint density at radius 1 is 0.971 bits per heavy atom. The van der Waals surface area contributed by atoms with Crippen molar-refractivity contribution in [1.29, 1.82) is 0 Å². The molecule has 8 heteroatoms. The summed E-state index contributed by atoms with van der Waals surface area (Å²) in [6.45, 7) is 7.78. The maximum Gasteiger partial charge on any atom is 0.446 e. The molecule has 4 nitrogen and oxygen atoms in total. The predicted octanol–water partition coefficient (Wildman–Crippen LogP) is 7.68. The molecule has 0 bridgehead atoms. The van der Waals surface area contributed by atoms with E-state index in [0.29, 0.717) is 52.4 Å². The Morgan fingerprint density at radius 3 is 2.06 bits per heavy atom. The number of halogens is 3. The van der Waals surface area contributed by atoms with Crippen molar-refractivity contribution in [2.24, 2.45) is 0 Å². The van der Waals surface area contributed by atoms with Crippen molar-refractivity contribution in [2.45, 2.75) is 57.4 Å². The summed E-state index contributed by atoms with van der Waals surface area (Å²) in [4.78, 5) is 0.0560. The van der Waals surface area contributed by atoms with Crippen LogP contribution in [0, 0.1) is 0 Å². The Kier molecular flexibility index (Phi) is 8.15. The van der Waals surface area contributed by atoms with Crippen molar-refractivity contribution in [3.05, 3.63) is 75.6 Å². The van der Waals surface area contributed by atoms with E-state index in [-0.39, 0.29) is 34.6 Å². The molecule has 0 spiro atoms. The Morgan fingerprint density at radius 2 is 1.54 bits per heavy atom. The fourth-order valence-electron chi connectivity index (χ4n) is 3.75. The molecule has 0 saturated carbocycles. The summed E-state index contributed by atoms with van der Waals surface area (Å²) in [5.74, 6) is 1.01. The lowest BCUT2D eigenvalue weighted by atomic mass is 9.92. The number of ether oxygens (including phenoxy) is 2. The molecule has 0 fully saturated rings. The van der Waals surface area contributed by atoms with E-state index < -0.39 is 5.51 Å². The fourth-order valence-corrected chi connectivity index (χ4v) is 4.29. The van der Waals surface area contributed by atoms with E-state index >= 15 is 0 Å². The number of hydrogen-bond acceptors (Lipinski definition) is 5. The van der Waals surface area contributed by atoms with Crippen molar-refractivity contribution in [3.8, 4) is 17.2 Å². The number of hydrogen-bond donors (Lipinski definition) is 2. The van der Waals surface area contributed by atoms with Crippen molar-refractivity contribution in [3.63, 3.8) is 0 Å². The summed E-state index contributed by atoms with van der Waals surface area (Å²) in [7, 11) is 1.48. The summed E-state index contributed by atoms with van der Waals surface area (Å²) < 4.78 is 49.9. The minimum atomic E-state index is -4.38. The Balaban J connectivity index is 2.11.